The van der Waals surface area contributed by atoms with Crippen LogP contribution in [0, 0.1) is 23.7 Å². The number of benzene rings is 1. The Balaban J connectivity index is 1.58. The first-order valence-corrected chi connectivity index (χ1v) is 8.32. The predicted molar refractivity (Wildman–Crippen MR) is 93.7 cm³/mol. The molecule has 0 radical (unpaired) electrons. The molecule has 0 bridgehead atoms. The molecule has 2 fully saturated rings. The molecule has 0 atom stereocenters. The average Bonchev–Trinajstić information content (AvgIpc) is 3.43. The topological polar surface area (TPSA) is 60.0 Å². The number of rotatable bonds is 4. The van der Waals surface area contributed by atoms with Gasteiger partial charge in [-0.2, -0.15) is 5.10 Å². The molecule has 120 valence electrons. The zero-order chi connectivity index (χ0) is 15.9. The second kappa shape index (κ2) is 7.94. The van der Waals surface area contributed by atoms with E-state index in [1.165, 1.54) is 12.8 Å². The molecular formula is C19H23N3O. The maximum atomic E-state index is 5.52. The molecular weight excluding hydrogens is 286 g/mol. The highest BCUT2D eigenvalue weighted by molar-refractivity contribution is 6.38. The predicted octanol–water partition coefficient (Wildman–Crippen LogP) is 2.61. The summed E-state index contributed by atoms with van der Waals surface area (Å²) in [5.41, 5.74) is 2.72. The molecule has 0 aromatic heterocycles. The van der Waals surface area contributed by atoms with E-state index in [1.54, 1.807) is 6.21 Å². The molecule has 2 aliphatic rings. The van der Waals surface area contributed by atoms with E-state index in [-0.39, 0.29) is 0 Å². The fraction of sp³-hybridized carbons (Fsp3) is 0.474. The quantitative estimate of drug-likeness (QED) is 0.402. The zero-order valence-corrected chi connectivity index (χ0v) is 13.4. The van der Waals surface area contributed by atoms with Gasteiger partial charge in [0.2, 0.25) is 0 Å². The van der Waals surface area contributed by atoms with Crippen molar-refractivity contribution < 1.29 is 4.74 Å². The van der Waals surface area contributed by atoms with E-state index in [4.69, 9.17) is 10.6 Å². The van der Waals surface area contributed by atoms with E-state index in [0.29, 0.717) is 17.5 Å². The standard InChI is InChI=1S/C19H23N3O/c20-22-19(14-21-13-17-9-11-23-12-10-17)18-7-5-16(6-8-18)4-3-15-1-2-15/h5-8,14-15,17H,1-2,9-13,20H2/b21-14?,22-19+. The monoisotopic (exact) mass is 309 g/mol. The lowest BCUT2D eigenvalue weighted by molar-refractivity contribution is 0.0690. The molecule has 1 saturated carbocycles. The van der Waals surface area contributed by atoms with Crippen LogP contribution in [0.15, 0.2) is 34.4 Å². The van der Waals surface area contributed by atoms with Crippen molar-refractivity contribution in [1.29, 1.82) is 0 Å². The summed E-state index contributed by atoms with van der Waals surface area (Å²) in [5, 5.41) is 3.86. The lowest BCUT2D eigenvalue weighted by atomic mass is 10.0. The Labute approximate surface area is 137 Å². The van der Waals surface area contributed by atoms with Crippen LogP contribution < -0.4 is 5.84 Å². The number of ether oxygens (including phenoxy) is 1. The fourth-order valence-corrected chi connectivity index (χ4v) is 2.54. The van der Waals surface area contributed by atoms with E-state index in [1.807, 2.05) is 24.3 Å². The Morgan fingerprint density at radius 2 is 1.91 bits per heavy atom. The van der Waals surface area contributed by atoms with Crippen LogP contribution in [-0.2, 0) is 4.74 Å². The zero-order valence-electron chi connectivity index (χ0n) is 13.4. The summed E-state index contributed by atoms with van der Waals surface area (Å²) in [5.74, 6) is 13.2. The van der Waals surface area contributed by atoms with Crippen LogP contribution in [0.2, 0.25) is 0 Å². The average molecular weight is 309 g/mol. The molecule has 0 amide bonds. The molecule has 4 nitrogen and oxygen atoms in total. The molecule has 4 heteroatoms. The van der Waals surface area contributed by atoms with Gasteiger partial charge in [0, 0.05) is 43.0 Å². The Bertz CT molecular complexity index is 627. The maximum Gasteiger partial charge on any atom is 0.108 e. The van der Waals surface area contributed by atoms with Crippen molar-refractivity contribution in [2.24, 2.45) is 27.8 Å². The molecule has 0 unspecified atom stereocenters. The van der Waals surface area contributed by atoms with Gasteiger partial charge in [-0.3, -0.25) is 4.99 Å². The summed E-state index contributed by atoms with van der Waals surface area (Å²) < 4.78 is 5.36. The van der Waals surface area contributed by atoms with E-state index < -0.39 is 0 Å². The minimum absolute atomic E-state index is 0.610. The largest absolute Gasteiger partial charge is 0.381 e. The van der Waals surface area contributed by atoms with Gasteiger partial charge >= 0.3 is 0 Å². The number of aliphatic imine (C=N–C) groups is 1. The van der Waals surface area contributed by atoms with E-state index >= 15 is 0 Å². The number of hydrogen-bond acceptors (Lipinski definition) is 4. The summed E-state index contributed by atoms with van der Waals surface area (Å²) in [6.45, 7) is 2.51. The highest BCUT2D eigenvalue weighted by Gasteiger charge is 2.17. The van der Waals surface area contributed by atoms with Gasteiger partial charge in [0.25, 0.3) is 0 Å². The molecule has 1 aliphatic carbocycles. The van der Waals surface area contributed by atoms with Crippen LogP contribution >= 0.6 is 0 Å². The smallest absolute Gasteiger partial charge is 0.108 e. The third-order valence-electron chi connectivity index (χ3n) is 4.24. The molecule has 1 aliphatic heterocycles. The van der Waals surface area contributed by atoms with Gasteiger partial charge in [-0.15, -0.1) is 0 Å². The molecule has 1 heterocycles. The first-order chi connectivity index (χ1) is 11.3. The molecule has 0 spiro atoms. The van der Waals surface area contributed by atoms with Crippen LogP contribution in [0.25, 0.3) is 0 Å². The summed E-state index contributed by atoms with van der Waals surface area (Å²) in [7, 11) is 0. The van der Waals surface area contributed by atoms with Crippen LogP contribution in [0.1, 0.15) is 36.8 Å². The number of hydrazone groups is 1. The normalized spacial score (nSPS) is 19.6. The van der Waals surface area contributed by atoms with Gasteiger partial charge < -0.3 is 10.6 Å². The van der Waals surface area contributed by atoms with Gasteiger partial charge in [-0.05, 0) is 43.7 Å². The van der Waals surface area contributed by atoms with Crippen molar-refractivity contribution in [1.82, 2.24) is 0 Å². The number of hydrogen-bond donors (Lipinski definition) is 1. The highest BCUT2D eigenvalue weighted by Crippen LogP contribution is 2.27. The van der Waals surface area contributed by atoms with Gasteiger partial charge in [-0.1, -0.05) is 24.0 Å². The fourth-order valence-electron chi connectivity index (χ4n) is 2.54. The van der Waals surface area contributed by atoms with Crippen LogP contribution in [-0.4, -0.2) is 31.7 Å². The lowest BCUT2D eigenvalue weighted by Gasteiger charge is -2.19. The second-order valence-electron chi connectivity index (χ2n) is 6.19. The summed E-state index contributed by atoms with van der Waals surface area (Å²) in [6.07, 6.45) is 6.44. The molecule has 1 aromatic carbocycles. The summed E-state index contributed by atoms with van der Waals surface area (Å²) in [6, 6.07) is 8.04. The summed E-state index contributed by atoms with van der Waals surface area (Å²) >= 11 is 0. The van der Waals surface area contributed by atoms with Crippen LogP contribution in [0.4, 0.5) is 0 Å². The van der Waals surface area contributed by atoms with Gasteiger partial charge in [-0.25, -0.2) is 0 Å². The van der Waals surface area contributed by atoms with Crippen molar-refractivity contribution in [3.63, 3.8) is 0 Å². The van der Waals surface area contributed by atoms with E-state index in [0.717, 1.165) is 43.7 Å². The summed E-state index contributed by atoms with van der Waals surface area (Å²) in [4.78, 5) is 4.51. The van der Waals surface area contributed by atoms with Gasteiger partial charge in [0.05, 0.1) is 0 Å². The van der Waals surface area contributed by atoms with Crippen molar-refractivity contribution in [3.05, 3.63) is 35.4 Å². The van der Waals surface area contributed by atoms with Crippen molar-refractivity contribution in [3.8, 4) is 11.8 Å². The Kier molecular flexibility index (Phi) is 5.44. The van der Waals surface area contributed by atoms with Crippen molar-refractivity contribution in [2.75, 3.05) is 19.8 Å². The van der Waals surface area contributed by atoms with Crippen molar-refractivity contribution >= 4 is 11.9 Å². The Morgan fingerprint density at radius 1 is 1.17 bits per heavy atom. The van der Waals surface area contributed by atoms with Gasteiger partial charge in [0.1, 0.15) is 5.71 Å². The minimum Gasteiger partial charge on any atom is -0.381 e. The van der Waals surface area contributed by atoms with E-state index in [2.05, 4.69) is 21.9 Å². The third kappa shape index (κ3) is 4.94. The Morgan fingerprint density at radius 3 is 2.57 bits per heavy atom. The second-order valence-corrected chi connectivity index (χ2v) is 6.19. The van der Waals surface area contributed by atoms with Crippen molar-refractivity contribution in [2.45, 2.75) is 25.7 Å². The lowest BCUT2D eigenvalue weighted by Crippen LogP contribution is -2.18. The minimum atomic E-state index is 0.610. The first-order valence-electron chi connectivity index (χ1n) is 8.32. The SMILES string of the molecule is N/N=C(\C=NCC1CCOCC1)c1ccc(C#CC2CC2)cc1. The van der Waals surface area contributed by atoms with Crippen LogP contribution in [0.5, 0.6) is 0 Å². The highest BCUT2D eigenvalue weighted by atomic mass is 16.5. The number of nitrogens with two attached hydrogens (primary N) is 1. The third-order valence-corrected chi connectivity index (χ3v) is 4.24. The molecule has 3 rings (SSSR count). The van der Waals surface area contributed by atoms with E-state index in [9.17, 15) is 0 Å². The molecule has 2 N–H and O–H groups in total. The van der Waals surface area contributed by atoms with Crippen LogP contribution in [0.3, 0.4) is 0 Å². The maximum absolute atomic E-state index is 5.52. The molecule has 1 saturated heterocycles. The van der Waals surface area contributed by atoms with Gasteiger partial charge in [0.15, 0.2) is 0 Å². The first kappa shape index (κ1) is 15.8. The number of nitrogens with zero attached hydrogens (tertiary/aromatic N) is 2. The molecule has 1 aromatic rings. The molecule has 23 heavy (non-hydrogen) atoms. The Hall–Kier alpha value is -2.12.